The van der Waals surface area contributed by atoms with Crippen molar-refractivity contribution in [1.29, 1.82) is 0 Å². The van der Waals surface area contributed by atoms with Crippen LogP contribution in [0.1, 0.15) is 34.1 Å². The largest absolute Gasteiger partial charge is 0.425 e. The van der Waals surface area contributed by atoms with Gasteiger partial charge < -0.3 is 10.1 Å². The van der Waals surface area contributed by atoms with Gasteiger partial charge in [-0.25, -0.2) is 13.2 Å². The highest BCUT2D eigenvalue weighted by atomic mass is 32.2. The maximum absolute atomic E-state index is 12.5. The summed E-state index contributed by atoms with van der Waals surface area (Å²) in [5, 5.41) is 2.52. The van der Waals surface area contributed by atoms with Gasteiger partial charge >= 0.3 is 5.97 Å². The van der Waals surface area contributed by atoms with Crippen LogP contribution in [0.3, 0.4) is 0 Å². The van der Waals surface area contributed by atoms with Crippen molar-refractivity contribution in [1.82, 2.24) is 5.32 Å². The molecular weight excluding hydrogens is 382 g/mol. The number of hydrogen-bond donors (Lipinski definition) is 1. The molecule has 0 bridgehead atoms. The molecule has 7 nitrogen and oxygen atoms in total. The molecule has 0 spiro atoms. The Morgan fingerprint density at radius 2 is 1.57 bits per heavy atom. The average Bonchev–Trinajstić information content (AvgIpc) is 2.65. The van der Waals surface area contributed by atoms with Gasteiger partial charge in [0, 0.05) is 17.4 Å². The molecule has 0 aliphatic carbocycles. The van der Waals surface area contributed by atoms with E-state index in [1.165, 1.54) is 31.2 Å². The molecule has 2 aromatic carbocycles. The molecule has 28 heavy (non-hydrogen) atoms. The maximum atomic E-state index is 12.5. The number of benzene rings is 2. The van der Waals surface area contributed by atoms with Crippen molar-refractivity contribution in [2.75, 3.05) is 12.0 Å². The fraction of sp³-hybridized carbons (Fsp3) is 0.250. The molecule has 0 unspecified atom stereocenters. The zero-order valence-electron chi connectivity index (χ0n) is 15.5. The maximum Gasteiger partial charge on any atom is 0.334 e. The molecule has 0 saturated heterocycles. The highest BCUT2D eigenvalue weighted by molar-refractivity contribution is 7.90. The molecule has 1 atom stereocenters. The van der Waals surface area contributed by atoms with Crippen LogP contribution >= 0.6 is 0 Å². The van der Waals surface area contributed by atoms with Crippen LogP contribution < -0.4 is 10.1 Å². The van der Waals surface area contributed by atoms with Crippen LogP contribution in [0.2, 0.25) is 0 Å². The van der Waals surface area contributed by atoms with Crippen LogP contribution in [0.25, 0.3) is 0 Å². The van der Waals surface area contributed by atoms with Gasteiger partial charge in [0.2, 0.25) is 0 Å². The zero-order valence-corrected chi connectivity index (χ0v) is 16.4. The molecule has 0 fully saturated rings. The smallest absolute Gasteiger partial charge is 0.334 e. The molecule has 0 heterocycles. The number of carbonyl (C=O) groups is 3. The van der Waals surface area contributed by atoms with Crippen LogP contribution in [-0.4, -0.2) is 44.1 Å². The molecule has 0 aliphatic heterocycles. The fourth-order valence-electron chi connectivity index (χ4n) is 2.36. The Hall–Kier alpha value is -3.00. The van der Waals surface area contributed by atoms with Crippen LogP contribution in [0.4, 0.5) is 0 Å². The van der Waals surface area contributed by atoms with Gasteiger partial charge in [-0.3, -0.25) is 9.59 Å². The Balaban J connectivity index is 2.13. The number of sulfone groups is 1. The van der Waals surface area contributed by atoms with Crippen molar-refractivity contribution < 1.29 is 27.5 Å². The lowest BCUT2D eigenvalue weighted by atomic mass is 10.1. The molecule has 1 amide bonds. The van der Waals surface area contributed by atoms with E-state index in [4.69, 9.17) is 4.74 Å². The Morgan fingerprint density at radius 1 is 0.964 bits per heavy atom. The van der Waals surface area contributed by atoms with E-state index in [1.54, 1.807) is 30.3 Å². The number of hydrogen-bond acceptors (Lipinski definition) is 6. The van der Waals surface area contributed by atoms with E-state index in [0.717, 1.165) is 6.26 Å². The number of amides is 1. The summed E-state index contributed by atoms with van der Waals surface area (Å²) < 4.78 is 28.2. The summed E-state index contributed by atoms with van der Waals surface area (Å²) in [5.74, 6) is -1.52. The van der Waals surface area contributed by atoms with Crippen LogP contribution in [0, 0.1) is 0 Å². The molecule has 8 heteroatoms. The van der Waals surface area contributed by atoms with E-state index in [2.05, 4.69) is 5.32 Å². The first-order valence-corrected chi connectivity index (χ1v) is 10.6. The quantitative estimate of drug-likeness (QED) is 0.411. The van der Waals surface area contributed by atoms with E-state index in [1.807, 2.05) is 0 Å². The van der Waals surface area contributed by atoms with E-state index in [-0.39, 0.29) is 23.7 Å². The second-order valence-electron chi connectivity index (χ2n) is 6.31. The first kappa shape index (κ1) is 21.3. The molecule has 0 radical (unpaired) electrons. The summed E-state index contributed by atoms with van der Waals surface area (Å²) >= 11 is 0. The number of esters is 1. The summed E-state index contributed by atoms with van der Waals surface area (Å²) in [6, 6.07) is 13.1. The summed E-state index contributed by atoms with van der Waals surface area (Å²) in [6.45, 7) is 1.42. The van der Waals surface area contributed by atoms with Crippen molar-refractivity contribution >= 4 is 27.5 Å². The Labute approximate surface area is 163 Å². The lowest BCUT2D eigenvalue weighted by Crippen LogP contribution is -2.44. The molecule has 0 aromatic heterocycles. The SMILES string of the molecule is CC(=O)c1ccc(OC(=O)[C@@H](CCS(C)(=O)=O)NC(=O)c2ccccc2)cc1. The van der Waals surface area contributed by atoms with Gasteiger partial charge in [0.25, 0.3) is 5.91 Å². The number of Topliss-reactive ketones (excluding diaryl/α,β-unsaturated/α-hetero) is 1. The lowest BCUT2D eigenvalue weighted by molar-refractivity contribution is -0.136. The topological polar surface area (TPSA) is 107 Å². The van der Waals surface area contributed by atoms with Gasteiger partial charge in [-0.15, -0.1) is 0 Å². The lowest BCUT2D eigenvalue weighted by Gasteiger charge is -2.17. The average molecular weight is 403 g/mol. The Morgan fingerprint density at radius 3 is 2.11 bits per heavy atom. The van der Waals surface area contributed by atoms with Gasteiger partial charge in [-0.2, -0.15) is 0 Å². The fourth-order valence-corrected chi connectivity index (χ4v) is 3.02. The van der Waals surface area contributed by atoms with Crippen LogP contribution in [-0.2, 0) is 14.6 Å². The monoisotopic (exact) mass is 403 g/mol. The van der Waals surface area contributed by atoms with Crippen molar-refractivity contribution in [2.24, 2.45) is 0 Å². The second kappa shape index (κ2) is 9.27. The minimum Gasteiger partial charge on any atom is -0.425 e. The molecular formula is C20H21NO6S. The van der Waals surface area contributed by atoms with Crippen LogP contribution in [0.5, 0.6) is 5.75 Å². The van der Waals surface area contributed by atoms with Crippen molar-refractivity contribution in [3.8, 4) is 5.75 Å². The predicted molar refractivity (Wildman–Crippen MR) is 104 cm³/mol. The van der Waals surface area contributed by atoms with Gasteiger partial charge in [-0.1, -0.05) is 18.2 Å². The van der Waals surface area contributed by atoms with Crippen molar-refractivity contribution in [3.63, 3.8) is 0 Å². The molecule has 0 saturated carbocycles. The standard InChI is InChI=1S/C20H21NO6S/c1-14(22)15-8-10-17(11-9-15)27-20(24)18(12-13-28(2,25)26)21-19(23)16-6-4-3-5-7-16/h3-11,18H,12-13H2,1-2H3,(H,21,23)/t18-/m1/s1. The minimum atomic E-state index is -3.34. The molecule has 2 rings (SSSR count). The van der Waals surface area contributed by atoms with Crippen molar-refractivity contribution in [3.05, 3.63) is 65.7 Å². The zero-order chi connectivity index (χ0) is 20.7. The number of rotatable bonds is 8. The third kappa shape index (κ3) is 6.62. The molecule has 1 N–H and O–H groups in total. The minimum absolute atomic E-state index is 0.123. The number of carbonyl (C=O) groups excluding carboxylic acids is 3. The van der Waals surface area contributed by atoms with Gasteiger partial charge in [0.05, 0.1) is 5.75 Å². The van der Waals surface area contributed by atoms with Crippen LogP contribution in [0.15, 0.2) is 54.6 Å². The summed E-state index contributed by atoms with van der Waals surface area (Å²) in [7, 11) is -3.34. The Bertz CT molecular complexity index is 952. The van der Waals surface area contributed by atoms with Crippen molar-refractivity contribution in [2.45, 2.75) is 19.4 Å². The molecule has 2 aromatic rings. The number of nitrogens with one attached hydrogen (secondary N) is 1. The van der Waals surface area contributed by atoms with Gasteiger partial charge in [0.15, 0.2) is 5.78 Å². The molecule has 0 aliphatic rings. The Kier molecular flexibility index (Phi) is 7.06. The summed E-state index contributed by atoms with van der Waals surface area (Å²) in [5.41, 5.74) is 0.802. The highest BCUT2D eigenvalue weighted by Gasteiger charge is 2.25. The third-order valence-electron chi connectivity index (χ3n) is 3.88. The van der Waals surface area contributed by atoms with E-state index < -0.39 is 27.8 Å². The van der Waals surface area contributed by atoms with Gasteiger partial charge in [-0.05, 0) is 49.7 Å². The highest BCUT2D eigenvalue weighted by Crippen LogP contribution is 2.14. The first-order valence-electron chi connectivity index (χ1n) is 8.52. The second-order valence-corrected chi connectivity index (χ2v) is 8.57. The number of ether oxygens (including phenoxy) is 1. The van der Waals surface area contributed by atoms with Gasteiger partial charge in [0.1, 0.15) is 21.6 Å². The summed E-state index contributed by atoms with van der Waals surface area (Å²) in [6.07, 6.45) is 0.927. The van der Waals surface area contributed by atoms with E-state index in [0.29, 0.717) is 11.1 Å². The normalized spacial score (nSPS) is 12.1. The predicted octanol–water partition coefficient (Wildman–Crippen LogP) is 2.03. The summed E-state index contributed by atoms with van der Waals surface area (Å²) in [4.78, 5) is 36.2. The van der Waals surface area contributed by atoms with E-state index >= 15 is 0 Å². The first-order chi connectivity index (χ1) is 13.2. The van der Waals surface area contributed by atoms with E-state index in [9.17, 15) is 22.8 Å². The number of ketones is 1. The third-order valence-corrected chi connectivity index (χ3v) is 4.86. The molecule has 148 valence electrons.